The van der Waals surface area contributed by atoms with E-state index in [9.17, 15) is 34.5 Å². The number of urea groups is 1. The van der Waals surface area contributed by atoms with Gasteiger partial charge in [0.2, 0.25) is 11.8 Å². The molecule has 0 saturated heterocycles. The van der Waals surface area contributed by atoms with Crippen LogP contribution in [0.3, 0.4) is 0 Å². The molecule has 0 aliphatic heterocycles. The first kappa shape index (κ1) is 23.0. The minimum atomic E-state index is -1.62. The Morgan fingerprint density at radius 3 is 2.43 bits per heavy atom. The number of hydrogen-bond acceptors (Lipinski definition) is 9. The molecule has 1 aromatic heterocycles. The maximum atomic E-state index is 12.1. The predicted octanol–water partition coefficient (Wildman–Crippen LogP) is -1.94. The van der Waals surface area contributed by atoms with E-state index in [2.05, 4.69) is 15.5 Å². The van der Waals surface area contributed by atoms with Crippen LogP contribution < -0.4 is 16.4 Å². The van der Waals surface area contributed by atoms with Crippen molar-refractivity contribution in [2.24, 2.45) is 11.7 Å². The van der Waals surface area contributed by atoms with Crippen LogP contribution >= 0.6 is 0 Å². The highest BCUT2D eigenvalue weighted by atomic mass is 16.5. The van der Waals surface area contributed by atoms with Crippen LogP contribution in [-0.2, 0) is 14.4 Å². The Morgan fingerprint density at radius 2 is 1.90 bits per heavy atom. The first-order chi connectivity index (χ1) is 14.0. The maximum absolute atomic E-state index is 12.1. The molecule has 1 saturated carbocycles. The summed E-state index contributed by atoms with van der Waals surface area (Å²) in [6.07, 6.45) is -2.61. The van der Waals surface area contributed by atoms with Crippen molar-refractivity contribution in [3.8, 4) is 0 Å². The minimum Gasteiger partial charge on any atom is -0.481 e. The van der Waals surface area contributed by atoms with E-state index in [0.29, 0.717) is 0 Å². The number of rotatable bonds is 9. The molecule has 0 radical (unpaired) electrons. The summed E-state index contributed by atoms with van der Waals surface area (Å²) in [6, 6.07) is -3.90. The van der Waals surface area contributed by atoms with E-state index in [-0.39, 0.29) is 24.6 Å². The molecule has 30 heavy (non-hydrogen) atoms. The molecule has 0 aromatic carbocycles. The van der Waals surface area contributed by atoms with Gasteiger partial charge in [-0.05, 0) is 19.8 Å². The summed E-state index contributed by atoms with van der Waals surface area (Å²) in [5.74, 6) is -5.39. The number of nitrogens with zero attached hydrogens (tertiary/aromatic N) is 2. The molecule has 8 N–H and O–H groups in total. The van der Waals surface area contributed by atoms with Crippen LogP contribution in [-0.4, -0.2) is 72.7 Å². The topological polar surface area (TPSA) is 238 Å². The fraction of sp³-hybridized carbons (Fsp3) is 0.625. The van der Waals surface area contributed by atoms with Crippen LogP contribution in [0, 0.1) is 5.92 Å². The van der Waals surface area contributed by atoms with Crippen LogP contribution in [0.25, 0.3) is 0 Å². The molecule has 6 atom stereocenters. The van der Waals surface area contributed by atoms with Crippen molar-refractivity contribution >= 4 is 23.9 Å². The van der Waals surface area contributed by atoms with Gasteiger partial charge in [-0.2, -0.15) is 4.98 Å². The zero-order valence-corrected chi connectivity index (χ0v) is 15.9. The molecule has 3 amide bonds. The highest BCUT2D eigenvalue weighted by molar-refractivity contribution is 5.83. The number of aliphatic hydroxyl groups is 2. The van der Waals surface area contributed by atoms with Crippen LogP contribution in [0.5, 0.6) is 0 Å². The van der Waals surface area contributed by atoms with E-state index in [0.717, 1.165) is 0 Å². The van der Waals surface area contributed by atoms with Crippen molar-refractivity contribution in [2.75, 3.05) is 0 Å². The van der Waals surface area contributed by atoms with Gasteiger partial charge in [0.15, 0.2) is 11.9 Å². The summed E-state index contributed by atoms with van der Waals surface area (Å²) in [4.78, 5) is 50.0. The normalized spacial score (nSPS) is 23.9. The third-order valence-corrected chi connectivity index (χ3v) is 4.69. The number of carboxylic acid groups (broad SMARTS) is 2. The molecule has 14 nitrogen and oxygen atoms in total. The monoisotopic (exact) mass is 429 g/mol. The van der Waals surface area contributed by atoms with Gasteiger partial charge in [0.25, 0.3) is 0 Å². The second-order valence-corrected chi connectivity index (χ2v) is 7.06. The van der Waals surface area contributed by atoms with E-state index < -0.39 is 66.4 Å². The fourth-order valence-electron chi connectivity index (χ4n) is 3.24. The Balaban J connectivity index is 2.18. The van der Waals surface area contributed by atoms with Crippen LogP contribution in [0.1, 0.15) is 49.9 Å². The molecule has 0 spiro atoms. The van der Waals surface area contributed by atoms with Gasteiger partial charge in [-0.15, -0.1) is 0 Å². The number of carboxylic acids is 2. The number of aliphatic carboxylic acids is 2. The lowest BCUT2D eigenvalue weighted by molar-refractivity contribution is -0.143. The van der Waals surface area contributed by atoms with Crippen molar-refractivity contribution in [3.63, 3.8) is 0 Å². The summed E-state index contributed by atoms with van der Waals surface area (Å²) >= 11 is 0. The average molecular weight is 429 g/mol. The number of hydrogen-bond donors (Lipinski definition) is 7. The molecule has 1 aliphatic rings. The average Bonchev–Trinajstić information content (AvgIpc) is 3.24. The maximum Gasteiger partial charge on any atom is 0.328 e. The standard InChI is InChI=1S/C16H23N5O9/c1-5(22)11(15(27)28)19-16(29)18-9(4-10(17)24)13-20-12(21-30-13)7-2-6(23)3-8(7)14(25)26/h5-9,11,22-23H,2-4H2,1H3,(H2,17,24)(H,25,26)(H,27,28)(H2,18,19,29)/t5?,6-,7?,8-,9-,11-/m0/s1. The Hall–Kier alpha value is -3.26. The molecule has 2 unspecified atom stereocenters. The number of nitrogens with two attached hydrogens (primary N) is 1. The molecule has 1 fully saturated rings. The molecule has 0 bridgehead atoms. The van der Waals surface area contributed by atoms with Crippen molar-refractivity contribution in [2.45, 2.75) is 56.4 Å². The van der Waals surface area contributed by atoms with Crippen molar-refractivity contribution in [3.05, 3.63) is 11.7 Å². The Bertz CT molecular complexity index is 811. The number of carbonyl (C=O) groups excluding carboxylic acids is 2. The van der Waals surface area contributed by atoms with Gasteiger partial charge >= 0.3 is 18.0 Å². The van der Waals surface area contributed by atoms with Gasteiger partial charge in [-0.25, -0.2) is 9.59 Å². The molecule has 2 rings (SSSR count). The number of aliphatic hydroxyl groups excluding tert-OH is 2. The summed E-state index contributed by atoms with van der Waals surface area (Å²) in [6.45, 7) is 1.17. The fourth-order valence-corrected chi connectivity index (χ4v) is 3.24. The predicted molar refractivity (Wildman–Crippen MR) is 94.7 cm³/mol. The van der Waals surface area contributed by atoms with Crippen LogP contribution in [0.4, 0.5) is 4.79 Å². The number of carbonyl (C=O) groups is 4. The smallest absolute Gasteiger partial charge is 0.328 e. The summed E-state index contributed by atoms with van der Waals surface area (Å²) in [5, 5.41) is 45.5. The van der Waals surface area contributed by atoms with E-state index in [1.54, 1.807) is 0 Å². The largest absolute Gasteiger partial charge is 0.481 e. The van der Waals surface area contributed by atoms with E-state index in [4.69, 9.17) is 15.4 Å². The molecule has 166 valence electrons. The molecular weight excluding hydrogens is 406 g/mol. The summed E-state index contributed by atoms with van der Waals surface area (Å²) in [5.41, 5.74) is 5.17. The minimum absolute atomic E-state index is 0.0157. The van der Waals surface area contributed by atoms with Crippen LogP contribution in [0.2, 0.25) is 0 Å². The SMILES string of the molecule is CC(O)[C@H](NC(=O)N[C@@H](CC(N)=O)c1nc(C2C[C@H](O)C[C@@H]2C(=O)O)no1)C(=O)O. The van der Waals surface area contributed by atoms with E-state index in [1.165, 1.54) is 6.92 Å². The molecule has 1 aliphatic carbocycles. The van der Waals surface area contributed by atoms with Gasteiger partial charge in [-0.1, -0.05) is 5.16 Å². The molecule has 1 heterocycles. The molecule has 14 heteroatoms. The van der Waals surface area contributed by atoms with E-state index >= 15 is 0 Å². The highest BCUT2D eigenvalue weighted by Gasteiger charge is 2.42. The zero-order chi connectivity index (χ0) is 22.6. The quantitative estimate of drug-likeness (QED) is 0.228. The van der Waals surface area contributed by atoms with Gasteiger partial charge in [0.05, 0.1) is 24.5 Å². The summed E-state index contributed by atoms with van der Waals surface area (Å²) < 4.78 is 5.05. The second-order valence-electron chi connectivity index (χ2n) is 7.06. The Kier molecular flexibility index (Phi) is 7.28. The third-order valence-electron chi connectivity index (χ3n) is 4.69. The number of nitrogens with one attached hydrogen (secondary N) is 2. The van der Waals surface area contributed by atoms with Crippen molar-refractivity contribution in [1.29, 1.82) is 0 Å². The first-order valence-electron chi connectivity index (χ1n) is 9.00. The van der Waals surface area contributed by atoms with Gasteiger partial charge in [-0.3, -0.25) is 9.59 Å². The zero-order valence-electron chi connectivity index (χ0n) is 15.9. The second kappa shape index (κ2) is 9.49. The van der Waals surface area contributed by atoms with Gasteiger partial charge in [0.1, 0.15) is 6.04 Å². The van der Waals surface area contributed by atoms with Crippen molar-refractivity contribution in [1.82, 2.24) is 20.8 Å². The van der Waals surface area contributed by atoms with Crippen LogP contribution in [0.15, 0.2) is 4.52 Å². The third kappa shape index (κ3) is 5.64. The Labute approximate surface area is 169 Å². The molecular formula is C16H23N5O9. The lowest BCUT2D eigenvalue weighted by Gasteiger charge is -2.19. The van der Waals surface area contributed by atoms with E-state index in [1.807, 2.05) is 5.32 Å². The first-order valence-corrected chi connectivity index (χ1v) is 9.00. The molecule has 1 aromatic rings. The number of primary amides is 1. The number of aromatic nitrogens is 2. The highest BCUT2D eigenvalue weighted by Crippen LogP contribution is 2.39. The van der Waals surface area contributed by atoms with Gasteiger partial charge < -0.3 is 41.3 Å². The lowest BCUT2D eigenvalue weighted by Crippen LogP contribution is -2.52. The summed E-state index contributed by atoms with van der Waals surface area (Å²) in [7, 11) is 0. The van der Waals surface area contributed by atoms with Crippen molar-refractivity contribution < 1.29 is 44.1 Å². The number of amides is 3. The van der Waals surface area contributed by atoms with Gasteiger partial charge in [0, 0.05) is 5.92 Å². The Morgan fingerprint density at radius 1 is 1.23 bits per heavy atom. The lowest BCUT2D eigenvalue weighted by atomic mass is 9.96.